The molecule has 0 saturated heterocycles. The quantitative estimate of drug-likeness (QED) is 0.0583. The molecule has 5 nitrogen and oxygen atoms in total. The molecule has 0 spiro atoms. The lowest BCUT2D eigenvalue weighted by atomic mass is 9.84. The van der Waals surface area contributed by atoms with E-state index in [-0.39, 0.29) is 5.60 Å². The summed E-state index contributed by atoms with van der Waals surface area (Å²) in [5.41, 5.74) is 13.4. The molecular formula is C35H61N3O2. The lowest BCUT2D eigenvalue weighted by Crippen LogP contribution is -2.37. The molecule has 1 aliphatic heterocycles. The highest BCUT2D eigenvalue weighted by Gasteiger charge is 2.34. The van der Waals surface area contributed by atoms with Crippen molar-refractivity contribution in [2.45, 2.75) is 175 Å². The van der Waals surface area contributed by atoms with Crippen LogP contribution in [0.25, 0.3) is 10.4 Å². The van der Waals surface area contributed by atoms with Crippen LogP contribution in [-0.4, -0.2) is 18.8 Å². The van der Waals surface area contributed by atoms with Crippen LogP contribution in [0.2, 0.25) is 0 Å². The second-order valence-corrected chi connectivity index (χ2v) is 12.6. The Morgan fingerprint density at radius 2 is 1.30 bits per heavy atom. The van der Waals surface area contributed by atoms with Crippen molar-refractivity contribution < 1.29 is 9.47 Å². The molecule has 0 saturated carbocycles. The van der Waals surface area contributed by atoms with E-state index >= 15 is 0 Å². The predicted molar refractivity (Wildman–Crippen MR) is 171 cm³/mol. The van der Waals surface area contributed by atoms with Crippen LogP contribution in [0.3, 0.4) is 0 Å². The maximum Gasteiger partial charge on any atom is 0.127 e. The molecule has 0 radical (unpaired) electrons. The van der Waals surface area contributed by atoms with Crippen molar-refractivity contribution in [2.75, 3.05) is 13.2 Å². The Kier molecular flexibility index (Phi) is 17.2. The second-order valence-electron chi connectivity index (χ2n) is 12.6. The van der Waals surface area contributed by atoms with Crippen molar-refractivity contribution >= 4 is 0 Å². The first kappa shape index (κ1) is 34.3. The number of hydrogen-bond acceptors (Lipinski definition) is 3. The number of azide groups is 1. The van der Waals surface area contributed by atoms with Crippen molar-refractivity contribution in [1.29, 1.82) is 0 Å². The molecule has 0 unspecified atom stereocenters. The third kappa shape index (κ3) is 12.3. The zero-order valence-corrected chi connectivity index (χ0v) is 26.9. The fraction of sp³-hybridized carbons (Fsp3) is 0.829. The van der Waals surface area contributed by atoms with Gasteiger partial charge in [-0.2, -0.15) is 0 Å². The van der Waals surface area contributed by atoms with Gasteiger partial charge in [-0.3, -0.25) is 0 Å². The Morgan fingerprint density at radius 3 is 1.90 bits per heavy atom. The summed E-state index contributed by atoms with van der Waals surface area (Å²) in [4.78, 5) is 2.82. The number of unbranched alkanes of at least 4 members (excludes halogenated alkanes) is 16. The van der Waals surface area contributed by atoms with E-state index in [1.165, 1.54) is 112 Å². The Hall–Kier alpha value is -1.87. The molecule has 1 atom stereocenters. The Bertz CT molecular complexity index is 893. The van der Waals surface area contributed by atoms with Gasteiger partial charge in [-0.15, -0.1) is 0 Å². The van der Waals surface area contributed by atoms with Gasteiger partial charge in [-0.25, -0.2) is 0 Å². The fourth-order valence-electron chi connectivity index (χ4n) is 6.22. The van der Waals surface area contributed by atoms with Crippen LogP contribution < -0.4 is 9.47 Å². The van der Waals surface area contributed by atoms with Crippen molar-refractivity contribution in [1.82, 2.24) is 0 Å². The predicted octanol–water partition coefficient (Wildman–Crippen LogP) is 11.8. The molecule has 1 heterocycles. The summed E-state index contributed by atoms with van der Waals surface area (Å²) < 4.78 is 13.1. The molecule has 40 heavy (non-hydrogen) atoms. The largest absolute Gasteiger partial charge is 0.493 e. The van der Waals surface area contributed by atoms with E-state index in [1.807, 2.05) is 0 Å². The Balaban J connectivity index is 1.67. The highest BCUT2D eigenvalue weighted by molar-refractivity contribution is 5.59. The van der Waals surface area contributed by atoms with Crippen LogP contribution in [-0.2, 0) is 6.42 Å². The SMILES string of the molecule is CCCCCCCCCCCCCCCC[C@]1(C)CCc2c(C)c(OCCCCCCN=[N+]=[N-])c(C)c(C)c2O1. The maximum absolute atomic E-state index is 8.37. The van der Waals surface area contributed by atoms with Gasteiger partial charge in [-0.05, 0) is 88.4 Å². The molecule has 0 fully saturated rings. The van der Waals surface area contributed by atoms with Gasteiger partial charge in [0, 0.05) is 17.0 Å². The van der Waals surface area contributed by atoms with E-state index < -0.39 is 0 Å². The first-order valence-electron chi connectivity index (χ1n) is 16.9. The molecule has 0 aromatic heterocycles. The summed E-state index contributed by atoms with van der Waals surface area (Å²) in [5, 5.41) is 3.61. The monoisotopic (exact) mass is 555 g/mol. The normalized spacial score (nSPS) is 16.3. The number of rotatable bonds is 23. The lowest BCUT2D eigenvalue weighted by Gasteiger charge is -2.38. The first-order chi connectivity index (χ1) is 19.4. The number of nitrogens with zero attached hydrogens (tertiary/aromatic N) is 3. The van der Waals surface area contributed by atoms with Gasteiger partial charge in [0.2, 0.25) is 0 Å². The van der Waals surface area contributed by atoms with Gasteiger partial charge in [0.15, 0.2) is 0 Å². The summed E-state index contributed by atoms with van der Waals surface area (Å²) in [5.74, 6) is 2.18. The van der Waals surface area contributed by atoms with E-state index in [4.69, 9.17) is 15.0 Å². The van der Waals surface area contributed by atoms with Crippen molar-refractivity contribution in [2.24, 2.45) is 5.11 Å². The zero-order valence-electron chi connectivity index (χ0n) is 26.9. The smallest absolute Gasteiger partial charge is 0.127 e. The molecule has 2 rings (SSSR count). The average Bonchev–Trinajstić information content (AvgIpc) is 2.95. The fourth-order valence-corrected chi connectivity index (χ4v) is 6.22. The average molecular weight is 556 g/mol. The highest BCUT2D eigenvalue weighted by Crippen LogP contribution is 2.45. The third-order valence-electron chi connectivity index (χ3n) is 9.08. The summed E-state index contributed by atoms with van der Waals surface area (Å²) in [7, 11) is 0. The molecule has 5 heteroatoms. The summed E-state index contributed by atoms with van der Waals surface area (Å²) in [6.07, 6.45) is 27.1. The number of ether oxygens (including phenoxy) is 2. The summed E-state index contributed by atoms with van der Waals surface area (Å²) >= 11 is 0. The van der Waals surface area contributed by atoms with E-state index in [1.54, 1.807) is 0 Å². The molecule has 0 bridgehead atoms. The zero-order chi connectivity index (χ0) is 29.1. The highest BCUT2D eigenvalue weighted by atomic mass is 16.5. The van der Waals surface area contributed by atoms with Crippen molar-refractivity contribution in [3.8, 4) is 11.5 Å². The summed E-state index contributed by atoms with van der Waals surface area (Å²) in [6, 6.07) is 0. The van der Waals surface area contributed by atoms with Gasteiger partial charge in [0.25, 0.3) is 0 Å². The minimum absolute atomic E-state index is 0.0499. The molecule has 1 aromatic carbocycles. The second kappa shape index (κ2) is 20.1. The van der Waals surface area contributed by atoms with Crippen LogP contribution in [0.5, 0.6) is 11.5 Å². The molecule has 0 amide bonds. The molecule has 0 aliphatic carbocycles. The van der Waals surface area contributed by atoms with Crippen LogP contribution in [0, 0.1) is 20.8 Å². The van der Waals surface area contributed by atoms with Gasteiger partial charge >= 0.3 is 0 Å². The van der Waals surface area contributed by atoms with Crippen molar-refractivity contribution in [3.63, 3.8) is 0 Å². The number of benzene rings is 1. The first-order valence-corrected chi connectivity index (χ1v) is 16.9. The molecular weight excluding hydrogens is 494 g/mol. The van der Waals surface area contributed by atoms with Crippen molar-refractivity contribution in [3.05, 3.63) is 32.7 Å². The van der Waals surface area contributed by atoms with Gasteiger partial charge in [-0.1, -0.05) is 108 Å². The van der Waals surface area contributed by atoms with E-state index in [9.17, 15) is 0 Å². The molecule has 0 N–H and O–H groups in total. The van der Waals surface area contributed by atoms with Crippen LogP contribution in [0.1, 0.15) is 165 Å². The van der Waals surface area contributed by atoms with E-state index in [0.717, 1.165) is 63.1 Å². The topological polar surface area (TPSA) is 67.2 Å². The minimum atomic E-state index is -0.0499. The Labute approximate surface area is 246 Å². The molecule has 228 valence electrons. The van der Waals surface area contributed by atoms with E-state index in [2.05, 4.69) is 44.6 Å². The number of fused-ring (bicyclic) bond motifs is 1. The number of hydrogen-bond donors (Lipinski definition) is 0. The van der Waals surface area contributed by atoms with Crippen LogP contribution in [0.4, 0.5) is 0 Å². The van der Waals surface area contributed by atoms with Crippen LogP contribution in [0.15, 0.2) is 5.11 Å². The van der Waals surface area contributed by atoms with E-state index in [0.29, 0.717) is 6.54 Å². The third-order valence-corrected chi connectivity index (χ3v) is 9.08. The van der Waals surface area contributed by atoms with Gasteiger partial charge < -0.3 is 9.47 Å². The standard InChI is InChI=1S/C35H61N3O2/c1-6-7-8-9-10-11-12-13-14-15-16-17-18-21-25-35(5)26-24-32-31(4)33(29(2)30(3)34(32)40-35)39-28-23-20-19-22-27-37-38-36/h6-28H2,1-5H3/t35-/m1/s1. The molecule has 1 aromatic rings. The lowest BCUT2D eigenvalue weighted by molar-refractivity contribution is 0.0521. The van der Waals surface area contributed by atoms with Crippen LogP contribution >= 0.6 is 0 Å². The Morgan fingerprint density at radius 1 is 0.750 bits per heavy atom. The minimum Gasteiger partial charge on any atom is -0.493 e. The maximum atomic E-state index is 8.37. The van der Waals surface area contributed by atoms with Gasteiger partial charge in [0.05, 0.1) is 6.61 Å². The van der Waals surface area contributed by atoms with Gasteiger partial charge in [0.1, 0.15) is 17.1 Å². The summed E-state index contributed by atoms with van der Waals surface area (Å²) in [6.45, 7) is 12.5. The molecule has 1 aliphatic rings.